The lowest BCUT2D eigenvalue weighted by Gasteiger charge is -2.30. The van der Waals surface area contributed by atoms with E-state index < -0.39 is 15.4 Å². The van der Waals surface area contributed by atoms with Crippen molar-refractivity contribution in [2.45, 2.75) is 37.7 Å². The molecule has 108 valence electrons. The van der Waals surface area contributed by atoms with Gasteiger partial charge in [0.05, 0.1) is 10.5 Å². The zero-order chi connectivity index (χ0) is 14.7. The second kappa shape index (κ2) is 5.92. The molecule has 0 bridgehead atoms. The topological polar surface area (TPSA) is 66.4 Å². The Hall–Kier alpha value is -1.07. The van der Waals surface area contributed by atoms with Crippen molar-refractivity contribution in [1.29, 1.82) is 0 Å². The van der Waals surface area contributed by atoms with Crippen molar-refractivity contribution < 1.29 is 13.5 Å². The predicted molar refractivity (Wildman–Crippen MR) is 78.1 cm³/mol. The molecule has 0 aliphatic carbocycles. The molecule has 1 aromatic carbocycles. The number of aliphatic hydroxyl groups is 1. The van der Waals surface area contributed by atoms with E-state index in [1.54, 1.807) is 31.2 Å². The minimum atomic E-state index is -3.16. The van der Waals surface area contributed by atoms with E-state index in [0.29, 0.717) is 11.4 Å². The van der Waals surface area contributed by atoms with Gasteiger partial charge in [-0.3, -0.25) is 0 Å². The Morgan fingerprint density at radius 2 is 1.84 bits per heavy atom. The predicted octanol–water partition coefficient (Wildman–Crippen LogP) is 2.30. The second-order valence-corrected chi connectivity index (χ2v) is 7.33. The lowest BCUT2D eigenvalue weighted by Crippen LogP contribution is -2.39. The minimum Gasteiger partial charge on any atom is -0.388 e. The monoisotopic (exact) mass is 285 g/mol. The first-order chi connectivity index (χ1) is 8.66. The van der Waals surface area contributed by atoms with E-state index in [-0.39, 0.29) is 5.92 Å². The third kappa shape index (κ3) is 4.51. The summed E-state index contributed by atoms with van der Waals surface area (Å²) in [5, 5.41) is 13.4. The average Bonchev–Trinajstić information content (AvgIpc) is 2.35. The van der Waals surface area contributed by atoms with E-state index in [1.807, 2.05) is 13.8 Å². The fourth-order valence-corrected chi connectivity index (χ4v) is 2.35. The molecule has 1 aromatic rings. The number of nitrogens with one attached hydrogen (secondary N) is 1. The van der Waals surface area contributed by atoms with Crippen molar-refractivity contribution in [2.24, 2.45) is 5.92 Å². The van der Waals surface area contributed by atoms with Gasteiger partial charge in [-0.1, -0.05) is 20.3 Å². The highest BCUT2D eigenvalue weighted by Crippen LogP contribution is 2.21. The smallest absolute Gasteiger partial charge is 0.175 e. The summed E-state index contributed by atoms with van der Waals surface area (Å²) in [6, 6.07) is 6.55. The average molecular weight is 285 g/mol. The van der Waals surface area contributed by atoms with Gasteiger partial charge in [-0.25, -0.2) is 8.42 Å². The first-order valence-corrected chi connectivity index (χ1v) is 8.32. The molecule has 0 unspecified atom stereocenters. The van der Waals surface area contributed by atoms with E-state index in [4.69, 9.17) is 0 Å². The van der Waals surface area contributed by atoms with Crippen molar-refractivity contribution in [1.82, 2.24) is 0 Å². The maximum Gasteiger partial charge on any atom is 0.175 e. The fraction of sp³-hybridized carbons (Fsp3) is 0.571. The van der Waals surface area contributed by atoms with E-state index in [2.05, 4.69) is 5.32 Å². The Bertz CT molecular complexity index is 506. The van der Waals surface area contributed by atoms with E-state index >= 15 is 0 Å². The van der Waals surface area contributed by atoms with Crippen LogP contribution in [0.2, 0.25) is 0 Å². The molecule has 0 spiro atoms. The molecule has 0 saturated heterocycles. The number of anilines is 1. The third-order valence-corrected chi connectivity index (χ3v) is 4.74. The Balaban J connectivity index is 2.70. The minimum absolute atomic E-state index is 0.190. The molecule has 2 atom stereocenters. The van der Waals surface area contributed by atoms with Crippen molar-refractivity contribution >= 4 is 15.5 Å². The van der Waals surface area contributed by atoms with Crippen molar-refractivity contribution in [3.63, 3.8) is 0 Å². The zero-order valence-electron chi connectivity index (χ0n) is 12.0. The van der Waals surface area contributed by atoms with Crippen molar-refractivity contribution in [3.05, 3.63) is 24.3 Å². The largest absolute Gasteiger partial charge is 0.388 e. The highest BCUT2D eigenvalue weighted by Gasteiger charge is 2.26. The van der Waals surface area contributed by atoms with Crippen LogP contribution in [0.15, 0.2) is 29.2 Å². The number of hydrogen-bond donors (Lipinski definition) is 2. The molecule has 0 heterocycles. The van der Waals surface area contributed by atoms with Gasteiger partial charge in [-0.2, -0.15) is 0 Å². The Morgan fingerprint density at radius 1 is 1.32 bits per heavy atom. The van der Waals surface area contributed by atoms with E-state index in [9.17, 15) is 13.5 Å². The summed E-state index contributed by atoms with van der Waals surface area (Å²) in [6.45, 7) is 6.29. The molecule has 5 heteroatoms. The van der Waals surface area contributed by atoms with Gasteiger partial charge >= 0.3 is 0 Å². The van der Waals surface area contributed by atoms with Gasteiger partial charge in [0, 0.05) is 18.5 Å². The molecule has 2 N–H and O–H groups in total. The molecule has 0 saturated carbocycles. The summed E-state index contributed by atoms with van der Waals surface area (Å²) >= 11 is 0. The van der Waals surface area contributed by atoms with Crippen LogP contribution < -0.4 is 5.32 Å². The Kier molecular flexibility index (Phi) is 4.98. The maximum absolute atomic E-state index is 11.3. The van der Waals surface area contributed by atoms with Crippen LogP contribution in [0.5, 0.6) is 0 Å². The van der Waals surface area contributed by atoms with Gasteiger partial charge in [-0.15, -0.1) is 0 Å². The van der Waals surface area contributed by atoms with Crippen LogP contribution in [0.3, 0.4) is 0 Å². The van der Waals surface area contributed by atoms with Crippen LogP contribution in [-0.4, -0.2) is 31.9 Å². The molecule has 19 heavy (non-hydrogen) atoms. The first kappa shape index (κ1) is 16.0. The fourth-order valence-electron chi connectivity index (χ4n) is 1.71. The molecule has 0 aliphatic heterocycles. The summed E-state index contributed by atoms with van der Waals surface area (Å²) in [4.78, 5) is 0.298. The number of hydrogen-bond acceptors (Lipinski definition) is 4. The van der Waals surface area contributed by atoms with Gasteiger partial charge < -0.3 is 10.4 Å². The molecule has 4 nitrogen and oxygen atoms in total. The van der Waals surface area contributed by atoms with Crippen LogP contribution in [0, 0.1) is 5.92 Å². The molecule has 0 radical (unpaired) electrons. The number of rotatable bonds is 6. The summed E-state index contributed by atoms with van der Waals surface area (Å²) in [7, 11) is -3.16. The molecular weight excluding hydrogens is 262 g/mol. The second-order valence-electron chi connectivity index (χ2n) is 5.32. The first-order valence-electron chi connectivity index (χ1n) is 6.43. The quantitative estimate of drug-likeness (QED) is 0.841. The van der Waals surface area contributed by atoms with Gasteiger partial charge in [-0.05, 0) is 37.1 Å². The lowest BCUT2D eigenvalue weighted by molar-refractivity contribution is 0.0176. The van der Waals surface area contributed by atoms with Crippen LogP contribution in [-0.2, 0) is 9.84 Å². The van der Waals surface area contributed by atoms with Crippen LogP contribution in [0.25, 0.3) is 0 Å². The van der Waals surface area contributed by atoms with Crippen LogP contribution >= 0.6 is 0 Å². The van der Waals surface area contributed by atoms with E-state index in [1.165, 1.54) is 6.26 Å². The van der Waals surface area contributed by atoms with Gasteiger partial charge in [0.25, 0.3) is 0 Å². The SMILES string of the molecule is CC[C@H](C)[C@@](C)(O)CNc1ccc(S(C)(=O)=O)cc1. The highest BCUT2D eigenvalue weighted by atomic mass is 32.2. The molecular formula is C14H23NO3S. The Morgan fingerprint density at radius 3 is 2.26 bits per heavy atom. The van der Waals surface area contributed by atoms with Crippen LogP contribution in [0.4, 0.5) is 5.69 Å². The Labute approximate surface area is 115 Å². The number of sulfone groups is 1. The van der Waals surface area contributed by atoms with Crippen molar-refractivity contribution in [3.8, 4) is 0 Å². The standard InChI is InChI=1S/C14H23NO3S/c1-5-11(2)14(3,16)10-15-12-6-8-13(9-7-12)19(4,17)18/h6-9,11,15-16H,5,10H2,1-4H3/t11-,14-/m0/s1. The van der Waals surface area contributed by atoms with E-state index in [0.717, 1.165) is 12.1 Å². The number of benzene rings is 1. The molecule has 0 aromatic heterocycles. The molecule has 1 rings (SSSR count). The van der Waals surface area contributed by atoms with Gasteiger partial charge in [0.2, 0.25) is 0 Å². The molecule has 0 aliphatic rings. The van der Waals surface area contributed by atoms with Crippen LogP contribution in [0.1, 0.15) is 27.2 Å². The maximum atomic E-state index is 11.3. The molecule has 0 fully saturated rings. The lowest BCUT2D eigenvalue weighted by atomic mass is 9.88. The normalized spacial score (nSPS) is 16.7. The zero-order valence-corrected chi connectivity index (χ0v) is 12.8. The third-order valence-electron chi connectivity index (χ3n) is 3.61. The highest BCUT2D eigenvalue weighted by molar-refractivity contribution is 7.90. The summed E-state index contributed by atoms with van der Waals surface area (Å²) < 4.78 is 22.7. The summed E-state index contributed by atoms with van der Waals surface area (Å²) in [5.74, 6) is 0.190. The molecule has 0 amide bonds. The van der Waals surface area contributed by atoms with Gasteiger partial charge in [0.15, 0.2) is 9.84 Å². The summed E-state index contributed by atoms with van der Waals surface area (Å²) in [5.41, 5.74) is 0.0144. The summed E-state index contributed by atoms with van der Waals surface area (Å²) in [6.07, 6.45) is 2.09. The van der Waals surface area contributed by atoms with Crippen molar-refractivity contribution in [2.75, 3.05) is 18.1 Å². The van der Waals surface area contributed by atoms with Gasteiger partial charge in [0.1, 0.15) is 0 Å².